The summed E-state index contributed by atoms with van der Waals surface area (Å²) in [6, 6.07) is 17.0. The number of amidine groups is 1. The van der Waals surface area contributed by atoms with Crippen LogP contribution in [0, 0.1) is 5.41 Å². The van der Waals surface area contributed by atoms with Crippen LogP contribution in [-0.4, -0.2) is 22.5 Å². The Morgan fingerprint density at radius 1 is 1.07 bits per heavy atom. The predicted octanol–water partition coefficient (Wildman–Crippen LogP) is 6.09. The van der Waals surface area contributed by atoms with Crippen molar-refractivity contribution in [1.82, 2.24) is 5.01 Å². The molecule has 0 fully saturated rings. The fourth-order valence-corrected chi connectivity index (χ4v) is 4.10. The molecule has 0 radical (unpaired) electrons. The average molecular weight is 418 g/mol. The third-order valence-electron chi connectivity index (χ3n) is 5.10. The zero-order valence-corrected chi connectivity index (χ0v) is 18.1. The van der Waals surface area contributed by atoms with Gasteiger partial charge in [-0.3, -0.25) is 4.79 Å². The molecule has 30 heavy (non-hydrogen) atoms. The van der Waals surface area contributed by atoms with Crippen molar-refractivity contribution in [2.75, 3.05) is 0 Å². The summed E-state index contributed by atoms with van der Waals surface area (Å²) in [5.74, 6) is 0.313. The maximum absolute atomic E-state index is 13.3. The third kappa shape index (κ3) is 4.44. The van der Waals surface area contributed by atoms with Crippen molar-refractivity contribution < 1.29 is 4.79 Å². The predicted molar refractivity (Wildman–Crippen MR) is 123 cm³/mol. The van der Waals surface area contributed by atoms with Gasteiger partial charge in [0.1, 0.15) is 5.70 Å². The molecule has 0 atom stereocenters. The SMILES string of the molecule is CC1=C/C(=N/N2C(=O)/C(=C/c3ccc(Cl)cc3)N=C2c2ccccc2)CC(C)(C)C1. The Kier molecular flexibility index (Phi) is 5.44. The van der Waals surface area contributed by atoms with E-state index in [-0.39, 0.29) is 11.3 Å². The van der Waals surface area contributed by atoms with E-state index < -0.39 is 0 Å². The Labute approximate surface area is 182 Å². The second-order valence-corrected chi connectivity index (χ2v) is 9.04. The molecule has 0 saturated carbocycles. The number of halogens is 1. The molecule has 2 aliphatic rings. The van der Waals surface area contributed by atoms with Gasteiger partial charge in [-0.2, -0.15) is 10.1 Å². The summed E-state index contributed by atoms with van der Waals surface area (Å²) in [6.45, 7) is 6.56. The number of aliphatic imine (C=N–C) groups is 1. The highest BCUT2D eigenvalue weighted by Crippen LogP contribution is 2.34. The number of amides is 1. The number of rotatable bonds is 3. The van der Waals surface area contributed by atoms with Crippen molar-refractivity contribution in [2.24, 2.45) is 15.5 Å². The van der Waals surface area contributed by atoms with Crippen LogP contribution < -0.4 is 0 Å². The lowest BCUT2D eigenvalue weighted by Gasteiger charge is -2.29. The van der Waals surface area contributed by atoms with E-state index in [1.165, 1.54) is 10.6 Å². The van der Waals surface area contributed by atoms with Gasteiger partial charge >= 0.3 is 0 Å². The molecule has 0 aromatic heterocycles. The Bertz CT molecular complexity index is 1090. The molecule has 4 rings (SSSR count). The van der Waals surface area contributed by atoms with Crippen LogP contribution >= 0.6 is 11.6 Å². The molecule has 2 aromatic rings. The molecular weight excluding hydrogens is 394 g/mol. The van der Waals surface area contributed by atoms with Gasteiger partial charge in [-0.05, 0) is 55.0 Å². The first-order valence-corrected chi connectivity index (χ1v) is 10.4. The minimum absolute atomic E-state index is 0.118. The summed E-state index contributed by atoms with van der Waals surface area (Å²) in [4.78, 5) is 17.9. The van der Waals surface area contributed by atoms with Crippen molar-refractivity contribution in [3.8, 4) is 0 Å². The molecule has 0 spiro atoms. The minimum atomic E-state index is -0.231. The van der Waals surface area contributed by atoms with Gasteiger partial charge in [0, 0.05) is 10.6 Å². The summed E-state index contributed by atoms with van der Waals surface area (Å²) in [6.07, 6.45) is 5.70. The topological polar surface area (TPSA) is 45.0 Å². The van der Waals surface area contributed by atoms with E-state index in [0.717, 1.165) is 29.7 Å². The maximum Gasteiger partial charge on any atom is 0.298 e. The number of carbonyl (C=O) groups is 1. The summed E-state index contributed by atoms with van der Waals surface area (Å²) < 4.78 is 0. The van der Waals surface area contributed by atoms with Crippen LogP contribution in [0.25, 0.3) is 6.08 Å². The van der Waals surface area contributed by atoms with Crippen LogP contribution in [-0.2, 0) is 4.79 Å². The van der Waals surface area contributed by atoms with Gasteiger partial charge in [-0.15, -0.1) is 0 Å². The molecule has 0 unspecified atom stereocenters. The molecule has 0 N–H and O–H groups in total. The van der Waals surface area contributed by atoms with Crippen LogP contribution in [0.5, 0.6) is 0 Å². The number of carbonyl (C=O) groups excluding carboxylic acids is 1. The van der Waals surface area contributed by atoms with Crippen LogP contribution in [0.15, 0.2) is 82.0 Å². The van der Waals surface area contributed by atoms with E-state index in [1.54, 1.807) is 18.2 Å². The van der Waals surface area contributed by atoms with E-state index in [0.29, 0.717) is 16.6 Å². The van der Waals surface area contributed by atoms with E-state index >= 15 is 0 Å². The maximum atomic E-state index is 13.3. The number of hydrazone groups is 1. The van der Waals surface area contributed by atoms with Crippen LogP contribution in [0.2, 0.25) is 5.02 Å². The van der Waals surface area contributed by atoms with Crippen LogP contribution in [0.1, 0.15) is 44.7 Å². The fraction of sp³-hybridized carbons (Fsp3) is 0.240. The summed E-state index contributed by atoms with van der Waals surface area (Å²) in [5, 5.41) is 6.85. The Morgan fingerprint density at radius 2 is 1.77 bits per heavy atom. The lowest BCUT2D eigenvalue weighted by atomic mass is 9.77. The van der Waals surface area contributed by atoms with Gasteiger partial charge in [-0.1, -0.05) is 73.5 Å². The molecule has 152 valence electrons. The van der Waals surface area contributed by atoms with Crippen LogP contribution in [0.3, 0.4) is 0 Å². The molecule has 1 amide bonds. The number of nitrogens with zero attached hydrogens (tertiary/aromatic N) is 3. The van der Waals surface area contributed by atoms with E-state index in [1.807, 2.05) is 42.5 Å². The lowest BCUT2D eigenvalue weighted by molar-refractivity contribution is -0.122. The van der Waals surface area contributed by atoms with Gasteiger partial charge in [0.25, 0.3) is 5.91 Å². The molecule has 1 aliphatic carbocycles. The second kappa shape index (κ2) is 8.04. The number of benzene rings is 2. The lowest BCUT2D eigenvalue weighted by Crippen LogP contribution is -2.31. The summed E-state index contributed by atoms with van der Waals surface area (Å²) in [5.41, 5.74) is 4.36. The zero-order chi connectivity index (χ0) is 21.3. The molecule has 2 aromatic carbocycles. The second-order valence-electron chi connectivity index (χ2n) is 8.60. The first-order chi connectivity index (χ1) is 14.3. The highest BCUT2D eigenvalue weighted by molar-refractivity contribution is 6.30. The van der Waals surface area contributed by atoms with Gasteiger partial charge in [-0.25, -0.2) is 4.99 Å². The van der Waals surface area contributed by atoms with Crippen LogP contribution in [0.4, 0.5) is 0 Å². The van der Waals surface area contributed by atoms with Gasteiger partial charge in [0.05, 0.1) is 5.71 Å². The Hall–Kier alpha value is -2.98. The highest BCUT2D eigenvalue weighted by atomic mass is 35.5. The first kappa shape index (κ1) is 20.3. The van der Waals surface area contributed by atoms with Gasteiger partial charge in [0.15, 0.2) is 5.84 Å². The first-order valence-electron chi connectivity index (χ1n) is 10.0. The number of hydrogen-bond donors (Lipinski definition) is 0. The zero-order valence-electron chi connectivity index (χ0n) is 17.4. The molecule has 0 saturated heterocycles. The quantitative estimate of drug-likeness (QED) is 0.557. The van der Waals surface area contributed by atoms with E-state index in [4.69, 9.17) is 16.7 Å². The molecule has 1 heterocycles. The van der Waals surface area contributed by atoms with Crippen molar-refractivity contribution in [2.45, 2.75) is 33.6 Å². The van der Waals surface area contributed by atoms with Crippen molar-refractivity contribution in [3.05, 3.63) is 88.1 Å². The monoisotopic (exact) mass is 417 g/mol. The molecular formula is C25H24ClN3O. The molecule has 0 bridgehead atoms. The largest absolute Gasteiger partial charge is 0.298 e. The smallest absolute Gasteiger partial charge is 0.265 e. The fourth-order valence-electron chi connectivity index (χ4n) is 3.98. The number of hydrogen-bond acceptors (Lipinski definition) is 3. The molecule has 5 heteroatoms. The molecule has 4 nitrogen and oxygen atoms in total. The van der Waals surface area contributed by atoms with E-state index in [9.17, 15) is 4.79 Å². The Balaban J connectivity index is 1.76. The van der Waals surface area contributed by atoms with Gasteiger partial charge in [0.2, 0.25) is 0 Å². The van der Waals surface area contributed by atoms with Crippen molar-refractivity contribution in [1.29, 1.82) is 0 Å². The van der Waals surface area contributed by atoms with Crippen molar-refractivity contribution in [3.63, 3.8) is 0 Å². The minimum Gasteiger partial charge on any atom is -0.265 e. The van der Waals surface area contributed by atoms with E-state index in [2.05, 4.69) is 31.8 Å². The third-order valence-corrected chi connectivity index (χ3v) is 5.35. The molecule has 1 aliphatic heterocycles. The average Bonchev–Trinajstić information content (AvgIpc) is 2.98. The summed E-state index contributed by atoms with van der Waals surface area (Å²) >= 11 is 5.98. The van der Waals surface area contributed by atoms with Crippen molar-refractivity contribution >= 4 is 35.1 Å². The number of allylic oxidation sites excluding steroid dienone is 2. The van der Waals surface area contributed by atoms with Gasteiger partial charge < -0.3 is 0 Å². The Morgan fingerprint density at radius 3 is 2.43 bits per heavy atom. The standard InChI is InChI=1S/C25H24ClN3O/c1-17-13-21(16-25(2,3)15-17)28-29-23(19-7-5-4-6-8-19)27-22(24(29)30)14-18-9-11-20(26)12-10-18/h4-14H,15-16H2,1-3H3/b22-14-,28-21-. The normalized spacial score (nSPS) is 21.2. The summed E-state index contributed by atoms with van der Waals surface area (Å²) in [7, 11) is 0. The highest BCUT2D eigenvalue weighted by Gasteiger charge is 2.33.